The van der Waals surface area contributed by atoms with E-state index in [1.807, 2.05) is 12.1 Å². The fraction of sp³-hybridized carbons (Fsp3) is 0.297. The molecule has 6 rings (SSSR count). The van der Waals surface area contributed by atoms with Gasteiger partial charge in [0.05, 0.1) is 23.8 Å². The molecule has 2 atom stereocenters. The van der Waals surface area contributed by atoms with Crippen LogP contribution in [0.2, 0.25) is 0 Å². The van der Waals surface area contributed by atoms with Gasteiger partial charge in [-0.15, -0.1) is 0 Å². The van der Waals surface area contributed by atoms with Gasteiger partial charge in [0.2, 0.25) is 5.90 Å². The summed E-state index contributed by atoms with van der Waals surface area (Å²) < 4.78 is 39.6. The van der Waals surface area contributed by atoms with Crippen molar-refractivity contribution < 1.29 is 27.8 Å². The van der Waals surface area contributed by atoms with Crippen LogP contribution < -0.4 is 15.6 Å². The highest BCUT2D eigenvalue weighted by Gasteiger charge is 2.54. The SMILES string of the molecule is [N-]=[N+]=NCc1ccccc1[C@@H]1OC(c2ccc(OCCCO)cc2)=N[C@]1(CCS(=O)(=O)c1ccccc1)C(=O)NNC1Cc2ccccc2C1. The number of hydrogen-bond donors (Lipinski definition) is 3. The molecule has 1 amide bonds. The molecule has 0 bridgehead atoms. The molecule has 12 nitrogen and oxygen atoms in total. The predicted octanol–water partition coefficient (Wildman–Crippen LogP) is 5.17. The Morgan fingerprint density at radius 3 is 2.36 bits per heavy atom. The summed E-state index contributed by atoms with van der Waals surface area (Å²) in [7, 11) is -3.84. The lowest BCUT2D eigenvalue weighted by atomic mass is 9.83. The fourth-order valence-electron chi connectivity index (χ4n) is 6.36. The molecule has 0 unspecified atom stereocenters. The molecule has 0 aromatic heterocycles. The summed E-state index contributed by atoms with van der Waals surface area (Å²) in [6, 6.07) is 30.2. The van der Waals surface area contributed by atoms with Gasteiger partial charge in [0.25, 0.3) is 5.91 Å². The summed E-state index contributed by atoms with van der Waals surface area (Å²) >= 11 is 0. The molecule has 0 spiro atoms. The summed E-state index contributed by atoms with van der Waals surface area (Å²) in [6.07, 6.45) is 0.620. The van der Waals surface area contributed by atoms with E-state index in [2.05, 4.69) is 33.0 Å². The third-order valence-electron chi connectivity index (χ3n) is 8.97. The number of ether oxygens (including phenoxy) is 2. The van der Waals surface area contributed by atoms with Crippen molar-refractivity contribution in [3.63, 3.8) is 0 Å². The number of sulfone groups is 1. The minimum absolute atomic E-state index is 0.0119. The number of nitrogens with zero attached hydrogens (tertiary/aromatic N) is 4. The molecule has 1 heterocycles. The first-order valence-electron chi connectivity index (χ1n) is 16.4. The minimum atomic E-state index is -3.84. The maximum absolute atomic E-state index is 14.7. The molecule has 0 fully saturated rings. The zero-order valence-electron chi connectivity index (χ0n) is 27.3. The normalized spacial score (nSPS) is 18.4. The highest BCUT2D eigenvalue weighted by Crippen LogP contribution is 2.44. The van der Waals surface area contributed by atoms with Crippen molar-refractivity contribution in [2.24, 2.45) is 10.1 Å². The zero-order valence-corrected chi connectivity index (χ0v) is 28.1. The quantitative estimate of drug-likeness (QED) is 0.0506. The second-order valence-electron chi connectivity index (χ2n) is 12.2. The van der Waals surface area contributed by atoms with Gasteiger partial charge >= 0.3 is 0 Å². The van der Waals surface area contributed by atoms with Crippen LogP contribution in [0.1, 0.15) is 46.8 Å². The van der Waals surface area contributed by atoms with Crippen LogP contribution in [-0.4, -0.2) is 55.9 Å². The topological polar surface area (TPSA) is 175 Å². The Kier molecular flexibility index (Phi) is 10.8. The Morgan fingerprint density at radius 1 is 0.980 bits per heavy atom. The third-order valence-corrected chi connectivity index (χ3v) is 10.7. The van der Waals surface area contributed by atoms with Gasteiger partial charge in [-0.2, -0.15) is 0 Å². The Balaban J connectivity index is 1.39. The van der Waals surface area contributed by atoms with Crippen molar-refractivity contribution in [2.45, 2.75) is 54.8 Å². The van der Waals surface area contributed by atoms with Crippen LogP contribution in [0.3, 0.4) is 0 Å². The lowest BCUT2D eigenvalue weighted by molar-refractivity contribution is -0.130. The number of hydrazine groups is 1. The van der Waals surface area contributed by atoms with Gasteiger partial charge in [0.15, 0.2) is 21.5 Å². The first kappa shape index (κ1) is 34.7. The van der Waals surface area contributed by atoms with Gasteiger partial charge in [-0.3, -0.25) is 10.2 Å². The summed E-state index contributed by atoms with van der Waals surface area (Å²) in [4.78, 5) is 22.7. The summed E-state index contributed by atoms with van der Waals surface area (Å²) in [5.41, 5.74) is 17.6. The maximum Gasteiger partial charge on any atom is 0.266 e. The van der Waals surface area contributed by atoms with Crippen molar-refractivity contribution in [1.29, 1.82) is 0 Å². The van der Waals surface area contributed by atoms with Gasteiger partial charge in [-0.25, -0.2) is 18.8 Å². The minimum Gasteiger partial charge on any atom is -0.494 e. The number of aliphatic hydroxyl groups is 1. The van der Waals surface area contributed by atoms with E-state index >= 15 is 0 Å². The molecule has 0 saturated heterocycles. The Labute approximate surface area is 290 Å². The van der Waals surface area contributed by atoms with E-state index < -0.39 is 33.1 Å². The Bertz CT molecular complexity index is 1980. The van der Waals surface area contributed by atoms with Gasteiger partial charge in [-0.05, 0) is 77.0 Å². The maximum atomic E-state index is 14.7. The average molecular weight is 695 g/mol. The molecule has 1 aliphatic carbocycles. The van der Waals surface area contributed by atoms with Crippen molar-refractivity contribution in [3.8, 4) is 5.75 Å². The highest BCUT2D eigenvalue weighted by molar-refractivity contribution is 7.91. The van der Waals surface area contributed by atoms with Gasteiger partial charge < -0.3 is 14.6 Å². The monoisotopic (exact) mass is 694 g/mol. The van der Waals surface area contributed by atoms with Crippen molar-refractivity contribution in [2.75, 3.05) is 19.0 Å². The van der Waals surface area contributed by atoms with Crippen molar-refractivity contribution in [3.05, 3.63) is 141 Å². The number of carbonyl (C=O) groups excluding carboxylic acids is 1. The Hall–Kier alpha value is -5.20. The number of amides is 1. The smallest absolute Gasteiger partial charge is 0.266 e. The standard InChI is InChI=1S/C37H38N6O6S/c38-43-39-25-29-11-6-7-14-33(29)34-37(19-22-50(46,47)32-12-2-1-3-13-32,36(45)42-41-30-23-27-9-4-5-10-28(27)24-30)40-35(49-34)26-15-17-31(18-16-26)48-21-8-20-44/h1-7,9-18,30,34,41,44H,8,19-25H2,(H,42,45)/t34-,37-/m0/s1. The number of benzene rings is 4. The molecular formula is C37H38N6O6S. The third kappa shape index (κ3) is 7.66. The molecule has 0 saturated carbocycles. The van der Waals surface area contributed by atoms with E-state index in [-0.39, 0.29) is 36.4 Å². The predicted molar refractivity (Wildman–Crippen MR) is 188 cm³/mol. The lowest BCUT2D eigenvalue weighted by Gasteiger charge is -2.32. The molecular weight excluding hydrogens is 657 g/mol. The average Bonchev–Trinajstić information content (AvgIpc) is 3.75. The number of rotatable bonds is 15. The Morgan fingerprint density at radius 2 is 1.66 bits per heavy atom. The van der Waals surface area contributed by atoms with Gasteiger partial charge in [-0.1, -0.05) is 71.8 Å². The summed E-state index contributed by atoms with van der Waals surface area (Å²) in [5, 5.41) is 12.9. The second-order valence-corrected chi connectivity index (χ2v) is 14.3. The number of hydrogen-bond acceptors (Lipinski definition) is 9. The molecule has 13 heteroatoms. The van der Waals surface area contributed by atoms with Crippen LogP contribution in [0, 0.1) is 0 Å². The fourth-order valence-corrected chi connectivity index (χ4v) is 7.75. The molecule has 258 valence electrons. The molecule has 1 aliphatic heterocycles. The highest BCUT2D eigenvalue weighted by atomic mass is 32.2. The van der Waals surface area contributed by atoms with E-state index in [9.17, 15) is 13.2 Å². The number of fused-ring (bicyclic) bond motifs is 1. The van der Waals surface area contributed by atoms with Crippen molar-refractivity contribution >= 4 is 21.6 Å². The molecule has 0 radical (unpaired) electrons. The lowest BCUT2D eigenvalue weighted by Crippen LogP contribution is -2.55. The largest absolute Gasteiger partial charge is 0.494 e. The van der Waals surface area contributed by atoms with Crippen LogP contribution in [0.15, 0.2) is 118 Å². The molecule has 4 aromatic carbocycles. The number of nitrogens with one attached hydrogen (secondary N) is 2. The van der Waals surface area contributed by atoms with E-state index in [1.54, 1.807) is 66.7 Å². The van der Waals surface area contributed by atoms with Crippen LogP contribution in [0.4, 0.5) is 0 Å². The van der Waals surface area contributed by atoms with Gasteiger partial charge in [0, 0.05) is 36.0 Å². The van der Waals surface area contributed by atoms with Crippen LogP contribution in [0.5, 0.6) is 5.75 Å². The molecule has 3 N–H and O–H groups in total. The van der Waals surface area contributed by atoms with Crippen LogP contribution in [-0.2, 0) is 38.8 Å². The molecule has 50 heavy (non-hydrogen) atoms. The molecule has 4 aromatic rings. The number of aliphatic hydroxyl groups excluding tert-OH is 1. The van der Waals surface area contributed by atoms with Crippen molar-refractivity contribution in [1.82, 2.24) is 10.9 Å². The summed E-state index contributed by atoms with van der Waals surface area (Å²) in [5.74, 6) is -0.224. The number of carbonyl (C=O) groups is 1. The van der Waals surface area contributed by atoms with Gasteiger partial charge in [0.1, 0.15) is 5.75 Å². The van der Waals surface area contributed by atoms with E-state index in [0.29, 0.717) is 48.3 Å². The second kappa shape index (κ2) is 15.6. The first-order chi connectivity index (χ1) is 24.3. The number of aliphatic imine (C=N–C) groups is 1. The zero-order chi connectivity index (χ0) is 35.0. The summed E-state index contributed by atoms with van der Waals surface area (Å²) in [6.45, 7) is 0.341. The van der Waals surface area contributed by atoms with E-state index in [1.165, 1.54) is 23.3 Å². The molecule has 2 aliphatic rings. The number of azide groups is 1. The van der Waals surface area contributed by atoms with Crippen LogP contribution in [0.25, 0.3) is 10.4 Å². The van der Waals surface area contributed by atoms with E-state index in [0.717, 1.165) is 0 Å². The van der Waals surface area contributed by atoms with E-state index in [4.69, 9.17) is 25.1 Å². The van der Waals surface area contributed by atoms with Crippen LogP contribution >= 0.6 is 0 Å². The first-order valence-corrected chi connectivity index (χ1v) is 18.1.